The number of fused-ring (bicyclic) bond motifs is 1. The number of hydrogen-bond donors (Lipinski definition) is 2. The fraction of sp³-hybridized carbons (Fsp3) is 0.417. The monoisotopic (exact) mass is 219 g/mol. The number of hydrogen-bond acceptors (Lipinski definition) is 3. The Morgan fingerprint density at radius 1 is 1.44 bits per heavy atom. The smallest absolute Gasteiger partial charge is 0.219 e. The molecule has 4 heteroatoms. The van der Waals surface area contributed by atoms with Crippen LogP contribution in [0.3, 0.4) is 0 Å². The molecule has 86 valence electrons. The van der Waals surface area contributed by atoms with Crippen LogP contribution in [0.25, 0.3) is 0 Å². The minimum atomic E-state index is 0.133. The highest BCUT2D eigenvalue weighted by Gasteiger charge is 2.19. The molecule has 0 unspecified atom stereocenters. The zero-order valence-electron chi connectivity index (χ0n) is 9.71. The van der Waals surface area contributed by atoms with Crippen molar-refractivity contribution in [1.29, 1.82) is 0 Å². The predicted octanol–water partition coefficient (Wildman–Crippen LogP) is 1.22. The molecule has 0 atom stereocenters. The van der Waals surface area contributed by atoms with Crippen LogP contribution in [0.2, 0.25) is 0 Å². The van der Waals surface area contributed by atoms with Crippen LogP contribution in [0.5, 0.6) is 0 Å². The fourth-order valence-electron chi connectivity index (χ4n) is 2.11. The predicted molar refractivity (Wildman–Crippen MR) is 65.2 cm³/mol. The number of anilines is 2. The summed E-state index contributed by atoms with van der Waals surface area (Å²) in [6.07, 6.45) is 0.892. The lowest BCUT2D eigenvalue weighted by molar-refractivity contribution is -0.129. The third-order valence-electron chi connectivity index (χ3n) is 3.10. The van der Waals surface area contributed by atoms with Crippen LogP contribution in [0.1, 0.15) is 18.1 Å². The highest BCUT2D eigenvalue weighted by Crippen LogP contribution is 2.27. The standard InChI is InChI=1S/C12H17N3O/c1-8(16)15-4-3-9-5-11(13)12(14-2)6-10(9)7-15/h5-6,14H,3-4,7,13H2,1-2H3. The lowest BCUT2D eigenvalue weighted by Crippen LogP contribution is -2.34. The minimum Gasteiger partial charge on any atom is -0.397 e. The van der Waals surface area contributed by atoms with E-state index in [4.69, 9.17) is 5.73 Å². The summed E-state index contributed by atoms with van der Waals surface area (Å²) in [4.78, 5) is 13.2. The van der Waals surface area contributed by atoms with Gasteiger partial charge in [0, 0.05) is 27.1 Å². The zero-order chi connectivity index (χ0) is 11.7. The number of nitrogens with one attached hydrogen (secondary N) is 1. The van der Waals surface area contributed by atoms with Crippen LogP contribution in [-0.4, -0.2) is 24.4 Å². The summed E-state index contributed by atoms with van der Waals surface area (Å²) in [5.41, 5.74) is 10.1. The molecule has 1 aliphatic rings. The Hall–Kier alpha value is -1.71. The van der Waals surface area contributed by atoms with E-state index in [-0.39, 0.29) is 5.91 Å². The molecule has 0 saturated heterocycles. The van der Waals surface area contributed by atoms with Gasteiger partial charge >= 0.3 is 0 Å². The maximum atomic E-state index is 11.3. The Morgan fingerprint density at radius 3 is 2.81 bits per heavy atom. The van der Waals surface area contributed by atoms with Crippen molar-refractivity contribution >= 4 is 17.3 Å². The molecule has 1 amide bonds. The molecule has 2 rings (SSSR count). The van der Waals surface area contributed by atoms with Gasteiger partial charge in [0.05, 0.1) is 11.4 Å². The van der Waals surface area contributed by atoms with Crippen LogP contribution in [0, 0.1) is 0 Å². The maximum absolute atomic E-state index is 11.3. The second-order valence-corrected chi connectivity index (χ2v) is 4.15. The van der Waals surface area contributed by atoms with Gasteiger partial charge < -0.3 is 16.0 Å². The van der Waals surface area contributed by atoms with E-state index in [0.717, 1.165) is 24.3 Å². The first kappa shape index (κ1) is 10.8. The molecule has 0 aromatic heterocycles. The summed E-state index contributed by atoms with van der Waals surface area (Å²) < 4.78 is 0. The topological polar surface area (TPSA) is 58.4 Å². The molecule has 3 N–H and O–H groups in total. The summed E-state index contributed by atoms with van der Waals surface area (Å²) in [5.74, 6) is 0.133. The lowest BCUT2D eigenvalue weighted by Gasteiger charge is -2.28. The molecule has 0 bridgehead atoms. The molecular weight excluding hydrogens is 202 g/mol. The highest BCUT2D eigenvalue weighted by molar-refractivity contribution is 5.74. The number of nitrogen functional groups attached to an aromatic ring is 1. The average molecular weight is 219 g/mol. The summed E-state index contributed by atoms with van der Waals surface area (Å²) in [7, 11) is 1.85. The van der Waals surface area contributed by atoms with E-state index in [1.54, 1.807) is 6.92 Å². The lowest BCUT2D eigenvalue weighted by atomic mass is 9.98. The third-order valence-corrected chi connectivity index (χ3v) is 3.10. The Balaban J connectivity index is 2.34. The van der Waals surface area contributed by atoms with Crippen molar-refractivity contribution in [2.24, 2.45) is 0 Å². The Morgan fingerprint density at radius 2 is 2.19 bits per heavy atom. The molecule has 1 heterocycles. The molecule has 0 radical (unpaired) electrons. The van der Waals surface area contributed by atoms with Crippen molar-refractivity contribution in [3.05, 3.63) is 23.3 Å². The SMILES string of the molecule is CNc1cc2c(cc1N)CCN(C(C)=O)C2. The van der Waals surface area contributed by atoms with Gasteiger partial charge in [0.1, 0.15) is 0 Å². The van der Waals surface area contributed by atoms with Crippen LogP contribution >= 0.6 is 0 Å². The normalized spacial score (nSPS) is 14.5. The van der Waals surface area contributed by atoms with Gasteiger partial charge in [-0.1, -0.05) is 0 Å². The number of amides is 1. The summed E-state index contributed by atoms with van der Waals surface area (Å²) in [6, 6.07) is 4.05. The molecule has 1 aromatic carbocycles. The van der Waals surface area contributed by atoms with Crippen LogP contribution in [0.4, 0.5) is 11.4 Å². The van der Waals surface area contributed by atoms with Crippen molar-refractivity contribution in [2.45, 2.75) is 19.9 Å². The number of rotatable bonds is 1. The van der Waals surface area contributed by atoms with Gasteiger partial charge in [0.15, 0.2) is 0 Å². The maximum Gasteiger partial charge on any atom is 0.219 e. The zero-order valence-corrected chi connectivity index (χ0v) is 9.71. The summed E-state index contributed by atoms with van der Waals surface area (Å²) >= 11 is 0. The van der Waals surface area contributed by atoms with Crippen molar-refractivity contribution in [1.82, 2.24) is 4.90 Å². The van der Waals surface area contributed by atoms with E-state index in [2.05, 4.69) is 5.32 Å². The number of carbonyl (C=O) groups excluding carboxylic acids is 1. The Kier molecular flexibility index (Phi) is 2.73. The fourth-order valence-corrected chi connectivity index (χ4v) is 2.11. The van der Waals surface area contributed by atoms with Crippen LogP contribution in [0.15, 0.2) is 12.1 Å². The highest BCUT2D eigenvalue weighted by atomic mass is 16.2. The van der Waals surface area contributed by atoms with Gasteiger partial charge in [-0.2, -0.15) is 0 Å². The third kappa shape index (κ3) is 1.83. The molecule has 0 spiro atoms. The largest absolute Gasteiger partial charge is 0.397 e. The van der Waals surface area contributed by atoms with E-state index in [1.165, 1.54) is 11.1 Å². The van der Waals surface area contributed by atoms with Gasteiger partial charge in [0.25, 0.3) is 0 Å². The molecule has 4 nitrogen and oxygen atoms in total. The molecule has 0 saturated carbocycles. The molecular formula is C12H17N3O. The van der Waals surface area contributed by atoms with Gasteiger partial charge in [-0.15, -0.1) is 0 Å². The molecule has 16 heavy (non-hydrogen) atoms. The van der Waals surface area contributed by atoms with E-state index >= 15 is 0 Å². The van der Waals surface area contributed by atoms with Crippen LogP contribution in [-0.2, 0) is 17.8 Å². The summed E-state index contributed by atoms with van der Waals surface area (Å²) in [6.45, 7) is 3.10. The molecule has 0 fully saturated rings. The van der Waals surface area contributed by atoms with Crippen molar-refractivity contribution in [3.63, 3.8) is 0 Å². The van der Waals surface area contributed by atoms with E-state index in [0.29, 0.717) is 6.54 Å². The van der Waals surface area contributed by atoms with Gasteiger partial charge in [-0.3, -0.25) is 4.79 Å². The Labute approximate surface area is 95.4 Å². The van der Waals surface area contributed by atoms with Crippen LogP contribution < -0.4 is 11.1 Å². The number of benzene rings is 1. The molecule has 1 aromatic rings. The van der Waals surface area contributed by atoms with Gasteiger partial charge in [-0.25, -0.2) is 0 Å². The summed E-state index contributed by atoms with van der Waals surface area (Å²) in [5, 5.41) is 3.06. The van der Waals surface area contributed by atoms with Crippen molar-refractivity contribution in [2.75, 3.05) is 24.6 Å². The van der Waals surface area contributed by atoms with E-state index in [9.17, 15) is 4.79 Å². The quantitative estimate of drug-likeness (QED) is 0.698. The van der Waals surface area contributed by atoms with E-state index < -0.39 is 0 Å². The first-order valence-electron chi connectivity index (χ1n) is 5.46. The molecule has 1 aliphatic heterocycles. The van der Waals surface area contributed by atoms with Crippen molar-refractivity contribution in [3.8, 4) is 0 Å². The second-order valence-electron chi connectivity index (χ2n) is 4.15. The number of nitrogens with two attached hydrogens (primary N) is 1. The van der Waals surface area contributed by atoms with Gasteiger partial charge in [-0.05, 0) is 29.7 Å². The first-order chi connectivity index (χ1) is 7.61. The average Bonchev–Trinajstić information content (AvgIpc) is 2.27. The minimum absolute atomic E-state index is 0.133. The van der Waals surface area contributed by atoms with Gasteiger partial charge in [0.2, 0.25) is 5.91 Å². The second kappa shape index (κ2) is 4.04. The van der Waals surface area contributed by atoms with E-state index in [1.807, 2.05) is 24.1 Å². The Bertz CT molecular complexity index is 429. The van der Waals surface area contributed by atoms with Crippen molar-refractivity contribution < 1.29 is 4.79 Å². The number of nitrogens with zero attached hydrogens (tertiary/aromatic N) is 1. The first-order valence-corrected chi connectivity index (χ1v) is 5.46. The molecule has 0 aliphatic carbocycles. The number of carbonyl (C=O) groups is 1.